The van der Waals surface area contributed by atoms with E-state index in [0.717, 1.165) is 18.8 Å². The average molecular weight is 205 g/mol. The fraction of sp³-hybridized carbons (Fsp3) is 0.545. The van der Waals surface area contributed by atoms with Gasteiger partial charge in [0.2, 0.25) is 0 Å². The molecule has 0 aromatic carbocycles. The van der Waals surface area contributed by atoms with Crippen molar-refractivity contribution in [3.05, 3.63) is 24.3 Å². The van der Waals surface area contributed by atoms with Crippen molar-refractivity contribution >= 4 is 5.91 Å². The minimum absolute atomic E-state index is 0.109. The normalized spacial score (nSPS) is 25.1. The molecule has 1 aliphatic rings. The van der Waals surface area contributed by atoms with Gasteiger partial charge in [-0.1, -0.05) is 6.92 Å². The Bertz CT molecular complexity index is 339. The van der Waals surface area contributed by atoms with E-state index in [0.29, 0.717) is 11.7 Å². The summed E-state index contributed by atoms with van der Waals surface area (Å²) in [5.74, 6) is 0.611. The van der Waals surface area contributed by atoms with Crippen molar-refractivity contribution in [1.29, 1.82) is 0 Å². The number of hydrogen-bond donors (Lipinski definition) is 1. The van der Waals surface area contributed by atoms with Gasteiger partial charge in [-0.25, -0.2) is 4.98 Å². The Morgan fingerprint density at radius 1 is 1.47 bits per heavy atom. The monoisotopic (exact) mass is 205 g/mol. The minimum Gasteiger partial charge on any atom is -0.348 e. The Kier molecular flexibility index (Phi) is 2.94. The van der Waals surface area contributed by atoms with Gasteiger partial charge < -0.3 is 5.32 Å². The average Bonchev–Trinajstić information content (AvgIpc) is 2.65. The highest BCUT2D eigenvalue weighted by molar-refractivity contribution is 5.92. The van der Waals surface area contributed by atoms with Crippen molar-refractivity contribution in [3.63, 3.8) is 0 Å². The number of aromatic nitrogens is 2. The molecule has 4 nitrogen and oxygen atoms in total. The third kappa shape index (κ3) is 2.52. The van der Waals surface area contributed by atoms with E-state index >= 15 is 0 Å². The molecule has 1 aromatic rings. The van der Waals surface area contributed by atoms with Crippen molar-refractivity contribution in [2.75, 3.05) is 0 Å². The minimum atomic E-state index is -0.109. The smallest absolute Gasteiger partial charge is 0.271 e. The number of rotatable bonds is 2. The van der Waals surface area contributed by atoms with E-state index < -0.39 is 0 Å². The van der Waals surface area contributed by atoms with Gasteiger partial charge in [0.15, 0.2) is 0 Å². The summed E-state index contributed by atoms with van der Waals surface area (Å²) < 4.78 is 0. The molecule has 4 heteroatoms. The van der Waals surface area contributed by atoms with Crippen molar-refractivity contribution in [2.24, 2.45) is 5.92 Å². The van der Waals surface area contributed by atoms with Crippen molar-refractivity contribution < 1.29 is 4.79 Å². The highest BCUT2D eigenvalue weighted by atomic mass is 16.1. The molecule has 1 saturated carbocycles. The summed E-state index contributed by atoms with van der Waals surface area (Å²) in [6.45, 7) is 2.22. The Hall–Kier alpha value is -1.45. The van der Waals surface area contributed by atoms with Gasteiger partial charge in [-0.2, -0.15) is 0 Å². The summed E-state index contributed by atoms with van der Waals surface area (Å²) in [4.78, 5) is 19.5. The third-order valence-corrected chi connectivity index (χ3v) is 2.83. The second-order valence-electron chi connectivity index (χ2n) is 4.18. The predicted molar refractivity (Wildman–Crippen MR) is 56.3 cm³/mol. The first-order valence-corrected chi connectivity index (χ1v) is 5.32. The zero-order chi connectivity index (χ0) is 10.7. The van der Waals surface area contributed by atoms with Crippen LogP contribution in [0.2, 0.25) is 0 Å². The SMILES string of the molecule is CC1CCC(NC(=O)c2cnccn2)C1. The van der Waals surface area contributed by atoms with Crippen LogP contribution in [0.3, 0.4) is 0 Å². The molecule has 15 heavy (non-hydrogen) atoms. The third-order valence-electron chi connectivity index (χ3n) is 2.83. The lowest BCUT2D eigenvalue weighted by atomic mass is 10.1. The fourth-order valence-corrected chi connectivity index (χ4v) is 2.01. The predicted octanol–water partition coefficient (Wildman–Crippen LogP) is 1.40. The van der Waals surface area contributed by atoms with Gasteiger partial charge in [0.1, 0.15) is 5.69 Å². The Balaban J connectivity index is 1.93. The zero-order valence-corrected chi connectivity index (χ0v) is 8.81. The van der Waals surface area contributed by atoms with E-state index in [-0.39, 0.29) is 5.91 Å². The lowest BCUT2D eigenvalue weighted by Crippen LogP contribution is -2.33. The summed E-state index contributed by atoms with van der Waals surface area (Å²) in [5, 5.41) is 2.98. The lowest BCUT2D eigenvalue weighted by molar-refractivity contribution is 0.0932. The van der Waals surface area contributed by atoms with E-state index in [9.17, 15) is 4.79 Å². The highest BCUT2D eigenvalue weighted by Crippen LogP contribution is 2.24. The van der Waals surface area contributed by atoms with Crippen LogP contribution in [0.5, 0.6) is 0 Å². The maximum atomic E-state index is 11.7. The summed E-state index contributed by atoms with van der Waals surface area (Å²) >= 11 is 0. The molecule has 1 amide bonds. The van der Waals surface area contributed by atoms with Crippen LogP contribution in [0.1, 0.15) is 36.7 Å². The van der Waals surface area contributed by atoms with E-state index in [2.05, 4.69) is 22.2 Å². The van der Waals surface area contributed by atoms with E-state index in [1.807, 2.05) is 0 Å². The van der Waals surface area contributed by atoms with Crippen molar-refractivity contribution in [1.82, 2.24) is 15.3 Å². The van der Waals surface area contributed by atoms with Gasteiger partial charge in [-0.3, -0.25) is 9.78 Å². The molecule has 0 bridgehead atoms. The topological polar surface area (TPSA) is 54.9 Å². The standard InChI is InChI=1S/C11H15N3O/c1-8-2-3-9(6-8)14-11(15)10-7-12-4-5-13-10/h4-5,7-9H,2-3,6H2,1H3,(H,14,15). The number of carbonyl (C=O) groups excluding carboxylic acids is 1. The first-order valence-electron chi connectivity index (χ1n) is 5.32. The molecule has 0 aliphatic heterocycles. The van der Waals surface area contributed by atoms with Crippen LogP contribution in [0.4, 0.5) is 0 Å². The molecule has 1 fully saturated rings. The number of nitrogens with zero attached hydrogens (tertiary/aromatic N) is 2. The molecule has 0 spiro atoms. The maximum absolute atomic E-state index is 11.7. The number of amides is 1. The van der Waals surface area contributed by atoms with Crippen molar-refractivity contribution in [3.8, 4) is 0 Å². The zero-order valence-electron chi connectivity index (χ0n) is 8.81. The summed E-state index contributed by atoms with van der Waals surface area (Å²) in [7, 11) is 0. The Morgan fingerprint density at radius 2 is 2.33 bits per heavy atom. The molecule has 2 rings (SSSR count). The molecule has 80 valence electrons. The van der Waals surface area contributed by atoms with Gasteiger partial charge in [-0.05, 0) is 25.2 Å². The lowest BCUT2D eigenvalue weighted by Gasteiger charge is -2.11. The molecule has 2 unspecified atom stereocenters. The molecule has 0 radical (unpaired) electrons. The molecule has 1 N–H and O–H groups in total. The first kappa shape index (κ1) is 10.1. The molecule has 0 saturated heterocycles. The van der Waals surface area contributed by atoms with Gasteiger partial charge >= 0.3 is 0 Å². The molecular weight excluding hydrogens is 190 g/mol. The largest absolute Gasteiger partial charge is 0.348 e. The molecular formula is C11H15N3O. The highest BCUT2D eigenvalue weighted by Gasteiger charge is 2.23. The molecule has 1 aliphatic carbocycles. The Morgan fingerprint density at radius 3 is 2.93 bits per heavy atom. The Labute approximate surface area is 89.1 Å². The number of nitrogens with one attached hydrogen (secondary N) is 1. The molecule has 1 aromatic heterocycles. The van der Waals surface area contributed by atoms with Gasteiger partial charge in [0, 0.05) is 18.4 Å². The second-order valence-corrected chi connectivity index (χ2v) is 4.18. The van der Waals surface area contributed by atoms with E-state index in [4.69, 9.17) is 0 Å². The van der Waals surface area contributed by atoms with Gasteiger partial charge in [0.25, 0.3) is 5.91 Å². The summed E-state index contributed by atoms with van der Waals surface area (Å²) in [5.41, 5.74) is 0.400. The molecule has 1 heterocycles. The number of carbonyl (C=O) groups is 1. The van der Waals surface area contributed by atoms with Crippen LogP contribution in [-0.2, 0) is 0 Å². The van der Waals surface area contributed by atoms with E-state index in [1.165, 1.54) is 18.8 Å². The number of hydrogen-bond acceptors (Lipinski definition) is 3. The molecule has 2 atom stereocenters. The van der Waals surface area contributed by atoms with Crippen LogP contribution >= 0.6 is 0 Å². The second kappa shape index (κ2) is 4.38. The quantitative estimate of drug-likeness (QED) is 0.793. The maximum Gasteiger partial charge on any atom is 0.271 e. The first-order chi connectivity index (χ1) is 7.25. The fourth-order valence-electron chi connectivity index (χ4n) is 2.01. The summed E-state index contributed by atoms with van der Waals surface area (Å²) in [6, 6.07) is 0.314. The van der Waals surface area contributed by atoms with Gasteiger partial charge in [-0.15, -0.1) is 0 Å². The van der Waals surface area contributed by atoms with Crippen LogP contribution in [0.15, 0.2) is 18.6 Å². The summed E-state index contributed by atoms with van der Waals surface area (Å²) in [6.07, 6.45) is 7.94. The van der Waals surface area contributed by atoms with Crippen LogP contribution in [0, 0.1) is 5.92 Å². The van der Waals surface area contributed by atoms with E-state index in [1.54, 1.807) is 6.20 Å². The van der Waals surface area contributed by atoms with Gasteiger partial charge in [0.05, 0.1) is 6.20 Å². The van der Waals surface area contributed by atoms with Crippen LogP contribution in [-0.4, -0.2) is 21.9 Å². The van der Waals surface area contributed by atoms with Crippen molar-refractivity contribution in [2.45, 2.75) is 32.2 Å². The van der Waals surface area contributed by atoms with Crippen LogP contribution < -0.4 is 5.32 Å². The van der Waals surface area contributed by atoms with Crippen LogP contribution in [0.25, 0.3) is 0 Å².